The number of rotatable bonds is 9. The first-order valence-electron chi connectivity index (χ1n) is 7.74. The molecule has 22 heavy (non-hydrogen) atoms. The highest BCUT2D eigenvalue weighted by atomic mass is 28.4. The third-order valence-corrected chi connectivity index (χ3v) is 4.30. The second kappa shape index (κ2) is 8.95. The lowest BCUT2D eigenvalue weighted by Crippen LogP contribution is -2.28. The Morgan fingerprint density at radius 1 is 1.09 bits per heavy atom. The van der Waals surface area contributed by atoms with Crippen molar-refractivity contribution in [1.82, 2.24) is 0 Å². The Labute approximate surface area is 134 Å². The van der Waals surface area contributed by atoms with Crippen molar-refractivity contribution in [1.29, 1.82) is 0 Å². The van der Waals surface area contributed by atoms with Gasteiger partial charge in [0.15, 0.2) is 8.32 Å². The van der Waals surface area contributed by atoms with E-state index in [2.05, 4.69) is 36.5 Å². The van der Waals surface area contributed by atoms with Crippen LogP contribution < -0.4 is 4.74 Å². The number of ether oxygens (including phenoxy) is 2. The summed E-state index contributed by atoms with van der Waals surface area (Å²) in [6.45, 7) is 6.58. The SMILES string of the molecule is COC(=O)CCCCC(O[Si](C)(C)C)c1ccc(OC)cc1. The van der Waals surface area contributed by atoms with E-state index < -0.39 is 8.32 Å². The molecule has 4 nitrogen and oxygen atoms in total. The number of hydrogen-bond acceptors (Lipinski definition) is 4. The van der Waals surface area contributed by atoms with Crippen LogP contribution in [0.4, 0.5) is 0 Å². The number of unbranched alkanes of at least 4 members (excludes halogenated alkanes) is 1. The van der Waals surface area contributed by atoms with Crippen LogP contribution in [0.1, 0.15) is 37.4 Å². The van der Waals surface area contributed by atoms with Crippen molar-refractivity contribution < 1.29 is 18.7 Å². The average Bonchev–Trinajstić information content (AvgIpc) is 2.49. The minimum absolute atomic E-state index is 0.0789. The van der Waals surface area contributed by atoms with Crippen molar-refractivity contribution in [3.63, 3.8) is 0 Å². The molecule has 1 aromatic rings. The Kier molecular flexibility index (Phi) is 7.62. The van der Waals surface area contributed by atoms with E-state index in [1.165, 1.54) is 12.7 Å². The summed E-state index contributed by atoms with van der Waals surface area (Å²) >= 11 is 0. The highest BCUT2D eigenvalue weighted by molar-refractivity contribution is 6.69. The Hall–Kier alpha value is -1.33. The molecule has 0 amide bonds. The summed E-state index contributed by atoms with van der Waals surface area (Å²) in [5.41, 5.74) is 1.17. The van der Waals surface area contributed by atoms with Crippen LogP contribution in [0.15, 0.2) is 24.3 Å². The van der Waals surface area contributed by atoms with Gasteiger partial charge in [0.25, 0.3) is 0 Å². The van der Waals surface area contributed by atoms with Crippen LogP contribution >= 0.6 is 0 Å². The van der Waals surface area contributed by atoms with Gasteiger partial charge in [-0.3, -0.25) is 4.79 Å². The zero-order valence-electron chi connectivity index (χ0n) is 14.3. The molecule has 124 valence electrons. The molecule has 0 fully saturated rings. The Balaban J connectivity index is 2.64. The first kappa shape index (κ1) is 18.7. The quantitative estimate of drug-likeness (QED) is 0.385. The molecule has 0 heterocycles. The van der Waals surface area contributed by atoms with E-state index >= 15 is 0 Å². The maximum atomic E-state index is 11.2. The zero-order chi connectivity index (χ0) is 16.6. The van der Waals surface area contributed by atoms with Gasteiger partial charge in [0, 0.05) is 6.42 Å². The standard InChI is InChI=1S/C17H28O4Si/c1-19-15-12-10-14(11-13-15)16(21-22(3,4)5)8-6-7-9-17(18)20-2/h10-13,16H,6-9H2,1-5H3. The molecule has 0 N–H and O–H groups in total. The van der Waals surface area contributed by atoms with Crippen molar-refractivity contribution in [2.24, 2.45) is 0 Å². The van der Waals surface area contributed by atoms with Gasteiger partial charge in [-0.25, -0.2) is 0 Å². The molecule has 5 heteroatoms. The summed E-state index contributed by atoms with van der Waals surface area (Å²) in [7, 11) is 1.46. The van der Waals surface area contributed by atoms with Crippen molar-refractivity contribution in [2.45, 2.75) is 51.4 Å². The fraction of sp³-hybridized carbons (Fsp3) is 0.588. The predicted molar refractivity (Wildman–Crippen MR) is 90.7 cm³/mol. The van der Waals surface area contributed by atoms with Crippen LogP contribution in [-0.2, 0) is 14.0 Å². The topological polar surface area (TPSA) is 44.8 Å². The largest absolute Gasteiger partial charge is 0.497 e. The normalized spacial score (nSPS) is 12.8. The van der Waals surface area contributed by atoms with Crippen LogP contribution in [0.3, 0.4) is 0 Å². The first-order chi connectivity index (χ1) is 10.4. The molecular weight excluding hydrogens is 296 g/mol. The van der Waals surface area contributed by atoms with Crippen LogP contribution in [0.2, 0.25) is 19.6 Å². The number of esters is 1. The van der Waals surface area contributed by atoms with Crippen LogP contribution in [0.5, 0.6) is 5.75 Å². The molecule has 0 saturated carbocycles. The van der Waals surface area contributed by atoms with E-state index in [0.29, 0.717) is 6.42 Å². The van der Waals surface area contributed by atoms with Gasteiger partial charge >= 0.3 is 5.97 Å². The van der Waals surface area contributed by atoms with E-state index in [-0.39, 0.29) is 12.1 Å². The van der Waals surface area contributed by atoms with E-state index in [1.807, 2.05) is 12.1 Å². The number of hydrogen-bond donors (Lipinski definition) is 0. The van der Waals surface area contributed by atoms with Gasteiger partial charge in [-0.05, 0) is 56.6 Å². The molecule has 0 saturated heterocycles. The van der Waals surface area contributed by atoms with Gasteiger partial charge in [0.05, 0.1) is 20.3 Å². The van der Waals surface area contributed by atoms with Gasteiger partial charge in [-0.1, -0.05) is 12.1 Å². The molecule has 1 atom stereocenters. The summed E-state index contributed by atoms with van der Waals surface area (Å²) in [4.78, 5) is 11.2. The molecule has 0 spiro atoms. The fourth-order valence-electron chi connectivity index (χ4n) is 2.24. The molecule has 0 radical (unpaired) electrons. The molecule has 0 aliphatic rings. The van der Waals surface area contributed by atoms with E-state index in [0.717, 1.165) is 25.0 Å². The molecule has 1 rings (SSSR count). The Morgan fingerprint density at radius 2 is 1.73 bits per heavy atom. The molecule has 1 unspecified atom stereocenters. The summed E-state index contributed by atoms with van der Waals surface area (Å²) in [6.07, 6.45) is 3.23. The number of carbonyl (C=O) groups is 1. The highest BCUT2D eigenvalue weighted by Crippen LogP contribution is 2.29. The van der Waals surface area contributed by atoms with Crippen molar-refractivity contribution >= 4 is 14.3 Å². The number of carbonyl (C=O) groups excluding carboxylic acids is 1. The minimum atomic E-state index is -1.64. The molecule has 1 aromatic carbocycles. The van der Waals surface area contributed by atoms with Gasteiger partial charge in [-0.15, -0.1) is 0 Å². The van der Waals surface area contributed by atoms with E-state index in [9.17, 15) is 4.79 Å². The van der Waals surface area contributed by atoms with Crippen molar-refractivity contribution in [3.8, 4) is 5.75 Å². The van der Waals surface area contributed by atoms with E-state index in [1.54, 1.807) is 7.11 Å². The highest BCUT2D eigenvalue weighted by Gasteiger charge is 2.22. The third-order valence-electron chi connectivity index (χ3n) is 3.31. The number of methoxy groups -OCH3 is 2. The van der Waals surface area contributed by atoms with Crippen molar-refractivity contribution in [2.75, 3.05) is 14.2 Å². The Morgan fingerprint density at radius 3 is 2.23 bits per heavy atom. The van der Waals surface area contributed by atoms with Crippen LogP contribution in [0, 0.1) is 0 Å². The monoisotopic (exact) mass is 324 g/mol. The molecular formula is C17H28O4Si. The maximum absolute atomic E-state index is 11.2. The molecule has 0 aliphatic heterocycles. The summed E-state index contributed by atoms with van der Waals surface area (Å²) in [5.74, 6) is 0.702. The zero-order valence-corrected chi connectivity index (χ0v) is 15.3. The third kappa shape index (κ3) is 7.09. The average molecular weight is 324 g/mol. The lowest BCUT2D eigenvalue weighted by Gasteiger charge is -2.27. The van der Waals surface area contributed by atoms with E-state index in [4.69, 9.17) is 9.16 Å². The summed E-state index contributed by atoms with van der Waals surface area (Å²) in [5, 5.41) is 0. The van der Waals surface area contributed by atoms with Gasteiger partial charge < -0.3 is 13.9 Å². The van der Waals surface area contributed by atoms with Crippen LogP contribution in [0.25, 0.3) is 0 Å². The second-order valence-electron chi connectivity index (χ2n) is 6.31. The van der Waals surface area contributed by atoms with Gasteiger partial charge in [0.1, 0.15) is 5.75 Å². The summed E-state index contributed by atoms with van der Waals surface area (Å²) in [6, 6.07) is 8.04. The lowest BCUT2D eigenvalue weighted by atomic mass is 10.0. The number of benzene rings is 1. The molecule has 0 bridgehead atoms. The minimum Gasteiger partial charge on any atom is -0.497 e. The summed E-state index contributed by atoms with van der Waals surface area (Å²) < 4.78 is 16.2. The fourth-order valence-corrected chi connectivity index (χ4v) is 3.35. The van der Waals surface area contributed by atoms with Crippen molar-refractivity contribution in [3.05, 3.63) is 29.8 Å². The van der Waals surface area contributed by atoms with Gasteiger partial charge in [-0.2, -0.15) is 0 Å². The molecule has 0 aliphatic carbocycles. The van der Waals surface area contributed by atoms with Gasteiger partial charge in [0.2, 0.25) is 0 Å². The maximum Gasteiger partial charge on any atom is 0.305 e. The van der Waals surface area contributed by atoms with Crippen LogP contribution in [-0.4, -0.2) is 28.5 Å². The predicted octanol–water partition coefficient (Wildman–Crippen LogP) is 4.32. The smallest absolute Gasteiger partial charge is 0.305 e. The lowest BCUT2D eigenvalue weighted by molar-refractivity contribution is -0.140. The molecule has 0 aromatic heterocycles. The second-order valence-corrected chi connectivity index (χ2v) is 10.8. The first-order valence-corrected chi connectivity index (χ1v) is 11.1. The Bertz CT molecular complexity index is 451.